The van der Waals surface area contributed by atoms with Crippen LogP contribution in [0.15, 0.2) is 51.6 Å². The molecule has 0 aliphatic heterocycles. The molecule has 5 heteroatoms. The molecule has 1 heterocycles. The van der Waals surface area contributed by atoms with E-state index in [1.165, 1.54) is 5.56 Å². The van der Waals surface area contributed by atoms with Crippen LogP contribution in [0.5, 0.6) is 0 Å². The Hall–Kier alpha value is -1.75. The molecular weight excluding hydrogens is 308 g/mol. The van der Waals surface area contributed by atoms with Gasteiger partial charge in [0.2, 0.25) is 0 Å². The normalized spacial score (nSPS) is 10.2. The lowest BCUT2D eigenvalue weighted by molar-refractivity contribution is 0.239. The zero-order valence-corrected chi connectivity index (χ0v) is 11.9. The minimum atomic E-state index is -0.191. The average molecular weight is 323 g/mol. The van der Waals surface area contributed by atoms with E-state index < -0.39 is 0 Å². The zero-order chi connectivity index (χ0) is 13.5. The number of urea groups is 1. The van der Waals surface area contributed by atoms with Crippen molar-refractivity contribution >= 4 is 22.0 Å². The lowest BCUT2D eigenvalue weighted by Gasteiger charge is -2.07. The Morgan fingerprint density at radius 3 is 2.74 bits per heavy atom. The summed E-state index contributed by atoms with van der Waals surface area (Å²) in [5, 5.41) is 5.54. The third-order valence-electron chi connectivity index (χ3n) is 2.64. The number of carbonyl (C=O) groups is 1. The summed E-state index contributed by atoms with van der Waals surface area (Å²) < 4.78 is 6.19. The Bertz CT molecular complexity index is 526. The van der Waals surface area contributed by atoms with Gasteiger partial charge in [0, 0.05) is 11.0 Å². The maximum atomic E-state index is 11.5. The van der Waals surface area contributed by atoms with Gasteiger partial charge in [-0.2, -0.15) is 0 Å². The van der Waals surface area contributed by atoms with Crippen molar-refractivity contribution in [3.8, 4) is 0 Å². The molecule has 0 saturated heterocycles. The molecule has 0 fully saturated rings. The van der Waals surface area contributed by atoms with E-state index in [-0.39, 0.29) is 6.03 Å². The molecule has 0 radical (unpaired) electrons. The summed E-state index contributed by atoms with van der Waals surface area (Å²) in [5.74, 6) is 0.737. The molecule has 0 unspecified atom stereocenters. The van der Waals surface area contributed by atoms with Crippen molar-refractivity contribution in [2.45, 2.75) is 13.0 Å². The SMILES string of the molecule is O=C(NCCc1ccccc1Br)NCc1ccco1. The van der Waals surface area contributed by atoms with E-state index in [1.807, 2.05) is 30.3 Å². The van der Waals surface area contributed by atoms with Crippen molar-refractivity contribution in [2.75, 3.05) is 6.54 Å². The number of carbonyl (C=O) groups excluding carboxylic acids is 1. The number of benzene rings is 1. The summed E-state index contributed by atoms with van der Waals surface area (Å²) in [7, 11) is 0. The van der Waals surface area contributed by atoms with Crippen molar-refractivity contribution in [1.29, 1.82) is 0 Å². The van der Waals surface area contributed by atoms with Crippen molar-refractivity contribution < 1.29 is 9.21 Å². The number of nitrogens with one attached hydrogen (secondary N) is 2. The molecule has 2 rings (SSSR count). The summed E-state index contributed by atoms with van der Waals surface area (Å²) in [5.41, 5.74) is 1.17. The van der Waals surface area contributed by atoms with Crippen LogP contribution in [0.3, 0.4) is 0 Å². The molecule has 2 N–H and O–H groups in total. The summed E-state index contributed by atoms with van der Waals surface area (Å²) in [4.78, 5) is 11.5. The van der Waals surface area contributed by atoms with Gasteiger partial charge in [-0.3, -0.25) is 0 Å². The summed E-state index contributed by atoms with van der Waals surface area (Å²) in [6.45, 7) is 0.987. The zero-order valence-electron chi connectivity index (χ0n) is 10.4. The molecular formula is C14H15BrN2O2. The molecule has 2 aromatic rings. The summed E-state index contributed by atoms with van der Waals surface area (Å²) in [6, 6.07) is 11.4. The Kier molecular flexibility index (Phi) is 5.03. The van der Waals surface area contributed by atoms with E-state index in [2.05, 4.69) is 26.6 Å². The first-order valence-corrected chi connectivity index (χ1v) is 6.82. The van der Waals surface area contributed by atoms with Crippen molar-refractivity contribution in [3.05, 3.63) is 58.5 Å². The molecule has 1 aromatic heterocycles. The highest BCUT2D eigenvalue weighted by atomic mass is 79.9. The van der Waals surface area contributed by atoms with Gasteiger partial charge in [-0.1, -0.05) is 34.1 Å². The van der Waals surface area contributed by atoms with Crippen LogP contribution in [0.25, 0.3) is 0 Å². The van der Waals surface area contributed by atoms with Crippen LogP contribution in [0.1, 0.15) is 11.3 Å². The van der Waals surface area contributed by atoms with Crippen molar-refractivity contribution in [2.24, 2.45) is 0 Å². The van der Waals surface area contributed by atoms with E-state index in [0.29, 0.717) is 13.1 Å². The first-order valence-electron chi connectivity index (χ1n) is 6.03. The van der Waals surface area contributed by atoms with E-state index in [4.69, 9.17) is 4.42 Å². The molecule has 19 heavy (non-hydrogen) atoms. The second kappa shape index (κ2) is 6.99. The number of furan rings is 1. The van der Waals surface area contributed by atoms with Gasteiger partial charge < -0.3 is 15.1 Å². The van der Waals surface area contributed by atoms with Gasteiger partial charge in [-0.15, -0.1) is 0 Å². The Morgan fingerprint density at radius 1 is 1.16 bits per heavy atom. The Morgan fingerprint density at radius 2 is 2.00 bits per heavy atom. The highest BCUT2D eigenvalue weighted by Crippen LogP contribution is 2.15. The average Bonchev–Trinajstić information content (AvgIpc) is 2.92. The van der Waals surface area contributed by atoms with Crippen molar-refractivity contribution in [1.82, 2.24) is 10.6 Å². The highest BCUT2D eigenvalue weighted by Gasteiger charge is 2.02. The first kappa shape index (κ1) is 13.7. The van der Waals surface area contributed by atoms with Crippen LogP contribution >= 0.6 is 15.9 Å². The van der Waals surface area contributed by atoms with Crippen molar-refractivity contribution in [3.63, 3.8) is 0 Å². The Balaban J connectivity index is 1.68. The summed E-state index contributed by atoms with van der Waals surface area (Å²) in [6.07, 6.45) is 2.37. The van der Waals surface area contributed by atoms with Gasteiger partial charge >= 0.3 is 6.03 Å². The predicted molar refractivity (Wildman–Crippen MR) is 76.8 cm³/mol. The van der Waals surface area contributed by atoms with Gasteiger partial charge in [0.15, 0.2) is 0 Å². The standard InChI is InChI=1S/C14H15BrN2O2/c15-13-6-2-1-4-11(13)7-8-16-14(18)17-10-12-5-3-9-19-12/h1-6,9H,7-8,10H2,(H2,16,17,18). The fraction of sp³-hybridized carbons (Fsp3) is 0.214. The van der Waals surface area contributed by atoms with Crippen LogP contribution in [0.2, 0.25) is 0 Å². The number of hydrogen-bond donors (Lipinski definition) is 2. The van der Waals surface area contributed by atoms with Gasteiger partial charge in [0.05, 0.1) is 12.8 Å². The van der Waals surface area contributed by atoms with Gasteiger partial charge in [0.25, 0.3) is 0 Å². The second-order valence-corrected chi connectivity index (χ2v) is 4.88. The smallest absolute Gasteiger partial charge is 0.315 e. The molecule has 0 spiro atoms. The fourth-order valence-corrected chi connectivity index (χ4v) is 2.14. The Labute approximate surface area is 120 Å². The topological polar surface area (TPSA) is 54.3 Å². The van der Waals surface area contributed by atoms with Gasteiger partial charge in [0.1, 0.15) is 5.76 Å². The monoisotopic (exact) mass is 322 g/mol. The lowest BCUT2D eigenvalue weighted by Crippen LogP contribution is -2.36. The number of rotatable bonds is 5. The van der Waals surface area contributed by atoms with E-state index >= 15 is 0 Å². The van der Waals surface area contributed by atoms with Crippen LogP contribution in [0, 0.1) is 0 Å². The molecule has 0 atom stereocenters. The van der Waals surface area contributed by atoms with Gasteiger partial charge in [-0.05, 0) is 30.2 Å². The fourth-order valence-electron chi connectivity index (χ4n) is 1.65. The predicted octanol–water partition coefficient (Wildman–Crippen LogP) is 3.08. The summed E-state index contributed by atoms with van der Waals surface area (Å²) >= 11 is 3.48. The van der Waals surface area contributed by atoms with Crippen LogP contribution in [-0.2, 0) is 13.0 Å². The first-order chi connectivity index (χ1) is 9.25. The number of amides is 2. The minimum absolute atomic E-state index is 0.191. The third-order valence-corrected chi connectivity index (χ3v) is 3.41. The highest BCUT2D eigenvalue weighted by molar-refractivity contribution is 9.10. The molecule has 4 nitrogen and oxygen atoms in total. The lowest BCUT2D eigenvalue weighted by atomic mass is 10.1. The molecule has 100 valence electrons. The third kappa shape index (κ3) is 4.44. The molecule has 2 amide bonds. The van der Waals surface area contributed by atoms with E-state index in [0.717, 1.165) is 16.7 Å². The number of hydrogen-bond acceptors (Lipinski definition) is 2. The quantitative estimate of drug-likeness (QED) is 0.888. The largest absolute Gasteiger partial charge is 0.467 e. The number of halogens is 1. The van der Waals surface area contributed by atoms with Gasteiger partial charge in [-0.25, -0.2) is 4.79 Å². The van der Waals surface area contributed by atoms with E-state index in [9.17, 15) is 4.79 Å². The van der Waals surface area contributed by atoms with Crippen LogP contribution < -0.4 is 10.6 Å². The van der Waals surface area contributed by atoms with Crippen LogP contribution in [0.4, 0.5) is 4.79 Å². The maximum absolute atomic E-state index is 11.5. The molecule has 0 aliphatic rings. The molecule has 0 saturated carbocycles. The minimum Gasteiger partial charge on any atom is -0.467 e. The molecule has 0 bridgehead atoms. The molecule has 1 aromatic carbocycles. The maximum Gasteiger partial charge on any atom is 0.315 e. The second-order valence-electron chi connectivity index (χ2n) is 4.03. The van der Waals surface area contributed by atoms with Crippen LogP contribution in [-0.4, -0.2) is 12.6 Å². The van der Waals surface area contributed by atoms with E-state index in [1.54, 1.807) is 12.3 Å². The molecule has 0 aliphatic carbocycles.